The fraction of sp³-hybridized carbons (Fsp3) is 0.533. The molecule has 5 nitrogen and oxygen atoms in total. The minimum atomic E-state index is -0.00470. The summed E-state index contributed by atoms with van der Waals surface area (Å²) in [5.41, 5.74) is 6.69. The van der Waals surface area contributed by atoms with Crippen LogP contribution in [0.3, 0.4) is 0 Å². The molecule has 1 amide bonds. The van der Waals surface area contributed by atoms with E-state index in [2.05, 4.69) is 5.32 Å². The highest BCUT2D eigenvalue weighted by Crippen LogP contribution is 2.37. The van der Waals surface area contributed by atoms with E-state index >= 15 is 0 Å². The maximum atomic E-state index is 12.1. The van der Waals surface area contributed by atoms with E-state index in [0.717, 1.165) is 19.3 Å². The van der Waals surface area contributed by atoms with Gasteiger partial charge in [0.15, 0.2) is 11.5 Å². The Bertz CT molecular complexity index is 510. The average molecular weight is 313 g/mol. The number of fused-ring (bicyclic) bond motifs is 1. The predicted octanol–water partition coefficient (Wildman–Crippen LogP) is 2.34. The zero-order chi connectivity index (χ0) is 13.9. The quantitative estimate of drug-likeness (QED) is 0.898. The Kier molecular flexibility index (Phi) is 5.31. The molecule has 6 heteroatoms. The second-order valence-electron chi connectivity index (χ2n) is 5.44. The van der Waals surface area contributed by atoms with Crippen molar-refractivity contribution in [1.29, 1.82) is 0 Å². The van der Waals surface area contributed by atoms with Crippen molar-refractivity contribution < 1.29 is 14.3 Å². The topological polar surface area (TPSA) is 73.6 Å². The fourth-order valence-corrected chi connectivity index (χ4v) is 2.93. The number of ether oxygens (including phenoxy) is 2. The SMILES string of the molecule is Cl.N[C@@H]1CCC[C@H]1CC(=O)Nc1cccc2c1OCCO2. The Hall–Kier alpha value is -1.46. The van der Waals surface area contributed by atoms with Gasteiger partial charge in [-0.2, -0.15) is 0 Å². The zero-order valence-corrected chi connectivity index (χ0v) is 12.7. The monoisotopic (exact) mass is 312 g/mol. The highest BCUT2D eigenvalue weighted by molar-refractivity contribution is 5.93. The number of anilines is 1. The van der Waals surface area contributed by atoms with Crippen molar-refractivity contribution in [1.82, 2.24) is 0 Å². The molecule has 1 aliphatic carbocycles. The van der Waals surface area contributed by atoms with Gasteiger partial charge in [-0.1, -0.05) is 12.5 Å². The van der Waals surface area contributed by atoms with Gasteiger partial charge in [-0.05, 0) is 30.9 Å². The van der Waals surface area contributed by atoms with Gasteiger partial charge >= 0.3 is 0 Å². The van der Waals surface area contributed by atoms with Gasteiger partial charge in [-0.15, -0.1) is 12.4 Å². The Labute approximate surface area is 130 Å². The zero-order valence-electron chi connectivity index (χ0n) is 11.8. The summed E-state index contributed by atoms with van der Waals surface area (Å²) < 4.78 is 11.1. The second-order valence-corrected chi connectivity index (χ2v) is 5.44. The molecule has 116 valence electrons. The standard InChI is InChI=1S/C15H20N2O3.ClH/c16-11-4-1-3-10(11)9-14(18)17-12-5-2-6-13-15(12)20-8-7-19-13;/h2,5-6,10-11H,1,3-4,7-9,16H2,(H,17,18);1H/t10-,11+;/m0./s1. The molecule has 1 aromatic carbocycles. The summed E-state index contributed by atoms with van der Waals surface area (Å²) >= 11 is 0. The minimum absolute atomic E-state index is 0. The van der Waals surface area contributed by atoms with Crippen LogP contribution in [0.1, 0.15) is 25.7 Å². The predicted molar refractivity (Wildman–Crippen MR) is 83.2 cm³/mol. The Morgan fingerprint density at radius 3 is 2.86 bits per heavy atom. The third kappa shape index (κ3) is 3.60. The molecule has 0 aromatic heterocycles. The Morgan fingerprint density at radius 2 is 2.10 bits per heavy atom. The van der Waals surface area contributed by atoms with Crippen molar-refractivity contribution in [3.05, 3.63) is 18.2 Å². The van der Waals surface area contributed by atoms with Crippen LogP contribution in [0.25, 0.3) is 0 Å². The number of rotatable bonds is 3. The lowest BCUT2D eigenvalue weighted by molar-refractivity contribution is -0.117. The lowest BCUT2D eigenvalue weighted by Gasteiger charge is -2.21. The van der Waals surface area contributed by atoms with Crippen molar-refractivity contribution in [3.8, 4) is 11.5 Å². The lowest BCUT2D eigenvalue weighted by atomic mass is 10.00. The number of nitrogens with two attached hydrogens (primary N) is 1. The number of hydrogen-bond donors (Lipinski definition) is 2. The molecule has 0 saturated heterocycles. The molecule has 0 radical (unpaired) electrons. The molecule has 0 spiro atoms. The van der Waals surface area contributed by atoms with E-state index in [4.69, 9.17) is 15.2 Å². The van der Waals surface area contributed by atoms with Crippen LogP contribution in [0.15, 0.2) is 18.2 Å². The summed E-state index contributed by atoms with van der Waals surface area (Å²) in [7, 11) is 0. The molecular formula is C15H21ClN2O3. The smallest absolute Gasteiger partial charge is 0.224 e. The summed E-state index contributed by atoms with van der Waals surface area (Å²) in [6.45, 7) is 1.05. The van der Waals surface area contributed by atoms with Gasteiger partial charge in [0, 0.05) is 12.5 Å². The number of hydrogen-bond acceptors (Lipinski definition) is 4. The van der Waals surface area contributed by atoms with Crippen molar-refractivity contribution in [2.45, 2.75) is 31.7 Å². The first-order chi connectivity index (χ1) is 9.74. The first kappa shape index (κ1) is 15.9. The number of nitrogens with one attached hydrogen (secondary N) is 1. The number of amides is 1. The first-order valence-corrected chi connectivity index (χ1v) is 7.18. The minimum Gasteiger partial charge on any atom is -0.486 e. The first-order valence-electron chi connectivity index (χ1n) is 7.18. The van der Waals surface area contributed by atoms with Crippen LogP contribution < -0.4 is 20.5 Å². The van der Waals surface area contributed by atoms with Crippen LogP contribution in [0, 0.1) is 5.92 Å². The number of halogens is 1. The molecule has 1 aliphatic heterocycles. The molecule has 1 fully saturated rings. The summed E-state index contributed by atoms with van der Waals surface area (Å²) in [5.74, 6) is 1.61. The largest absolute Gasteiger partial charge is 0.486 e. The average Bonchev–Trinajstić information content (AvgIpc) is 2.85. The van der Waals surface area contributed by atoms with Gasteiger partial charge in [0.2, 0.25) is 5.91 Å². The maximum Gasteiger partial charge on any atom is 0.224 e. The Balaban J connectivity index is 0.00000161. The maximum absolute atomic E-state index is 12.1. The van der Waals surface area contributed by atoms with Crippen LogP contribution in [0.5, 0.6) is 11.5 Å². The van der Waals surface area contributed by atoms with E-state index in [0.29, 0.717) is 42.7 Å². The van der Waals surface area contributed by atoms with E-state index < -0.39 is 0 Å². The van der Waals surface area contributed by atoms with Crippen molar-refractivity contribution in [2.24, 2.45) is 11.7 Å². The van der Waals surface area contributed by atoms with Crippen molar-refractivity contribution in [2.75, 3.05) is 18.5 Å². The van der Waals surface area contributed by atoms with Gasteiger partial charge in [0.05, 0.1) is 5.69 Å². The second kappa shape index (κ2) is 7.00. The number of carbonyl (C=O) groups is 1. The lowest BCUT2D eigenvalue weighted by Crippen LogP contribution is -2.28. The molecular weight excluding hydrogens is 292 g/mol. The summed E-state index contributed by atoms with van der Waals surface area (Å²) in [6.07, 6.45) is 3.67. The molecule has 2 aliphatic rings. The van der Waals surface area contributed by atoms with Crippen LogP contribution in [-0.4, -0.2) is 25.2 Å². The van der Waals surface area contributed by atoms with E-state index in [1.165, 1.54) is 0 Å². The van der Waals surface area contributed by atoms with Gasteiger partial charge in [0.1, 0.15) is 13.2 Å². The molecule has 3 N–H and O–H groups in total. The third-order valence-corrected chi connectivity index (χ3v) is 4.01. The normalized spacial score (nSPS) is 23.3. The number of benzene rings is 1. The molecule has 0 unspecified atom stereocenters. The number of carbonyl (C=O) groups excluding carboxylic acids is 1. The summed E-state index contributed by atoms with van der Waals surface area (Å²) in [5, 5.41) is 2.92. The molecule has 21 heavy (non-hydrogen) atoms. The molecule has 0 bridgehead atoms. The fourth-order valence-electron chi connectivity index (χ4n) is 2.93. The van der Waals surface area contributed by atoms with Gasteiger partial charge in [-0.25, -0.2) is 0 Å². The van der Waals surface area contributed by atoms with Gasteiger partial charge in [-0.3, -0.25) is 4.79 Å². The highest BCUT2D eigenvalue weighted by Gasteiger charge is 2.26. The van der Waals surface area contributed by atoms with Crippen LogP contribution in [0.2, 0.25) is 0 Å². The van der Waals surface area contributed by atoms with Crippen LogP contribution >= 0.6 is 12.4 Å². The molecule has 1 heterocycles. The van der Waals surface area contributed by atoms with E-state index in [9.17, 15) is 4.79 Å². The van der Waals surface area contributed by atoms with E-state index in [-0.39, 0.29) is 24.4 Å². The number of para-hydroxylation sites is 1. The van der Waals surface area contributed by atoms with Crippen LogP contribution in [0.4, 0.5) is 5.69 Å². The van der Waals surface area contributed by atoms with E-state index in [1.807, 2.05) is 18.2 Å². The molecule has 1 saturated carbocycles. The van der Waals surface area contributed by atoms with Gasteiger partial charge in [0.25, 0.3) is 0 Å². The molecule has 1 aromatic rings. The van der Waals surface area contributed by atoms with Crippen molar-refractivity contribution >= 4 is 24.0 Å². The van der Waals surface area contributed by atoms with Gasteiger partial charge < -0.3 is 20.5 Å². The van der Waals surface area contributed by atoms with Crippen LogP contribution in [-0.2, 0) is 4.79 Å². The van der Waals surface area contributed by atoms with Crippen molar-refractivity contribution in [3.63, 3.8) is 0 Å². The highest BCUT2D eigenvalue weighted by atomic mass is 35.5. The summed E-state index contributed by atoms with van der Waals surface area (Å²) in [6, 6.07) is 5.69. The third-order valence-electron chi connectivity index (χ3n) is 4.01. The van der Waals surface area contributed by atoms with E-state index in [1.54, 1.807) is 0 Å². The molecule has 2 atom stereocenters. The summed E-state index contributed by atoms with van der Waals surface area (Å²) in [4.78, 5) is 12.1. The molecule has 3 rings (SSSR count). The Morgan fingerprint density at radius 1 is 1.29 bits per heavy atom.